The van der Waals surface area contributed by atoms with E-state index in [2.05, 4.69) is 20.5 Å². The number of azo groups is 2. The van der Waals surface area contributed by atoms with Crippen LogP contribution < -0.4 is 11.5 Å². The summed E-state index contributed by atoms with van der Waals surface area (Å²) in [5, 5.41) is 38.0. The predicted molar refractivity (Wildman–Crippen MR) is 207 cm³/mol. The normalized spacial score (nSPS) is 13.6. The zero-order chi connectivity index (χ0) is 41.0. The number of hydrogen-bond donors (Lipinski definition) is 8. The average molecular weight is 841 g/mol. The monoisotopic (exact) mass is 840 g/mol. The van der Waals surface area contributed by atoms with Gasteiger partial charge < -0.3 is 30.8 Å². The van der Waals surface area contributed by atoms with E-state index in [-0.39, 0.29) is 43.5 Å². The van der Waals surface area contributed by atoms with Crippen LogP contribution in [0.25, 0.3) is 32.7 Å². The number of nitrogen functional groups attached to an aromatic ring is 2. The van der Waals surface area contributed by atoms with E-state index < -0.39 is 80.0 Å². The van der Waals surface area contributed by atoms with Gasteiger partial charge in [0.2, 0.25) is 0 Å². The Balaban J connectivity index is 1.32. The first-order valence-electron chi connectivity index (χ1n) is 15.6. The quantitative estimate of drug-likeness (QED) is 0.0306. The molecule has 0 aliphatic heterocycles. The lowest BCUT2D eigenvalue weighted by Gasteiger charge is -2.12. The van der Waals surface area contributed by atoms with Crippen LogP contribution in [0.1, 0.15) is 11.1 Å². The van der Waals surface area contributed by atoms with Crippen LogP contribution in [0, 0.1) is 13.8 Å². The van der Waals surface area contributed by atoms with E-state index in [9.17, 15) is 53.7 Å². The number of phenols is 2. The van der Waals surface area contributed by atoms with Crippen LogP contribution in [-0.4, -0.2) is 53.7 Å². The van der Waals surface area contributed by atoms with Gasteiger partial charge in [-0.1, -0.05) is 12.1 Å². The second-order valence-corrected chi connectivity index (χ2v) is 16.9. The van der Waals surface area contributed by atoms with Crippen molar-refractivity contribution >= 4 is 98.1 Å². The van der Waals surface area contributed by atoms with Gasteiger partial charge in [0, 0.05) is 22.1 Å². The molecule has 6 rings (SSSR count). The molecule has 0 spiro atoms. The van der Waals surface area contributed by atoms with E-state index in [1.807, 2.05) is 0 Å². The van der Waals surface area contributed by atoms with Crippen molar-refractivity contribution in [2.75, 3.05) is 11.5 Å². The Morgan fingerprint density at radius 2 is 1.09 bits per heavy atom. The molecule has 0 heterocycles. The van der Waals surface area contributed by atoms with Gasteiger partial charge in [-0.2, -0.15) is 27.1 Å². The number of aryl methyl sites for hydroxylation is 2. The maximum atomic E-state index is 12.3. The number of aromatic hydroxyl groups is 2. The number of benzene rings is 6. The molecule has 10 N–H and O–H groups in total. The summed E-state index contributed by atoms with van der Waals surface area (Å²) >= 11 is -5.19. The largest absolute Gasteiger partial charge is 0.505 e. The Bertz CT molecular complexity index is 3010. The van der Waals surface area contributed by atoms with E-state index in [0.717, 1.165) is 36.4 Å². The summed E-state index contributed by atoms with van der Waals surface area (Å²) in [5.74, 6) is -1.38. The van der Waals surface area contributed by atoms with Crippen molar-refractivity contribution in [3.8, 4) is 22.6 Å². The molecule has 2 unspecified atom stereocenters. The Morgan fingerprint density at radius 3 is 1.57 bits per heavy atom. The second kappa shape index (κ2) is 14.7. The smallest absolute Gasteiger partial charge is 0.296 e. The molecule has 290 valence electrons. The third kappa shape index (κ3) is 7.71. The number of rotatable bonds is 9. The second-order valence-electron chi connectivity index (χ2n) is 12.2. The van der Waals surface area contributed by atoms with Crippen molar-refractivity contribution in [2.45, 2.75) is 33.4 Å². The molecule has 2 atom stereocenters. The van der Waals surface area contributed by atoms with Crippen molar-refractivity contribution in [3.05, 3.63) is 83.9 Å². The van der Waals surface area contributed by atoms with Crippen LogP contribution in [-0.2, 0) is 42.4 Å². The van der Waals surface area contributed by atoms with Crippen molar-refractivity contribution in [2.24, 2.45) is 20.5 Å². The Kier molecular flexibility index (Phi) is 10.5. The molecule has 18 nitrogen and oxygen atoms in total. The average Bonchev–Trinajstić information content (AvgIpc) is 3.10. The molecule has 0 aliphatic carbocycles. The topological polar surface area (TPSA) is 325 Å². The lowest BCUT2D eigenvalue weighted by molar-refractivity contribution is 0.472. The van der Waals surface area contributed by atoms with Gasteiger partial charge in [-0.15, -0.1) is 10.2 Å². The minimum absolute atomic E-state index is 0.0442. The van der Waals surface area contributed by atoms with Gasteiger partial charge in [0.15, 0.2) is 33.7 Å². The zero-order valence-corrected chi connectivity index (χ0v) is 31.9. The summed E-state index contributed by atoms with van der Waals surface area (Å²) in [4.78, 5) is -1.97. The standard InChI is InChI=1S/C34H28N6O12S4/c1-15-7-17(3-5-25(15)37-39-31-27(54(45)46)11-20-10-22(55(47,48)49)14-24(36)30(20)33(31)41)18-4-6-26(16(2)8-18)38-40-32-28(56(50,51)52)12-19-9-21(53(43)44)13-23(35)29(19)34(32)42/h3-14,41-42H,35-36H2,1-2H3,(H,43,44)(H,45,46)(H,47,48,49)(H,50,51,52). The highest BCUT2D eigenvalue weighted by atomic mass is 32.2. The predicted octanol–water partition coefficient (Wildman–Crippen LogP) is 7.34. The Hall–Kier alpha value is -5.72. The van der Waals surface area contributed by atoms with Crippen molar-refractivity contribution < 1.29 is 53.7 Å². The zero-order valence-electron chi connectivity index (χ0n) is 28.6. The van der Waals surface area contributed by atoms with Gasteiger partial charge in [0.1, 0.15) is 16.3 Å². The molecule has 56 heavy (non-hydrogen) atoms. The molecule has 0 aromatic heterocycles. The highest BCUT2D eigenvalue weighted by Crippen LogP contribution is 2.46. The van der Waals surface area contributed by atoms with Gasteiger partial charge in [-0.25, -0.2) is 8.42 Å². The van der Waals surface area contributed by atoms with Crippen LogP contribution in [0.5, 0.6) is 11.5 Å². The summed E-state index contributed by atoms with van der Waals surface area (Å²) in [6, 6.07) is 16.3. The first-order valence-corrected chi connectivity index (χ1v) is 20.6. The molecule has 0 saturated carbocycles. The highest BCUT2D eigenvalue weighted by Gasteiger charge is 2.25. The van der Waals surface area contributed by atoms with Crippen LogP contribution >= 0.6 is 0 Å². The van der Waals surface area contributed by atoms with E-state index in [1.54, 1.807) is 50.2 Å². The number of anilines is 2. The fourth-order valence-electron chi connectivity index (χ4n) is 5.86. The minimum atomic E-state index is -4.98. The third-order valence-corrected chi connectivity index (χ3v) is 11.5. The van der Waals surface area contributed by atoms with Crippen molar-refractivity contribution in [1.29, 1.82) is 0 Å². The van der Waals surface area contributed by atoms with Crippen molar-refractivity contribution in [3.63, 3.8) is 0 Å². The molecule has 0 radical (unpaired) electrons. The molecule has 0 amide bonds. The van der Waals surface area contributed by atoms with E-state index in [1.165, 1.54) is 0 Å². The number of hydrogen-bond acceptors (Lipinski definition) is 14. The summed E-state index contributed by atoms with van der Waals surface area (Å²) in [6.07, 6.45) is 0. The van der Waals surface area contributed by atoms with E-state index in [4.69, 9.17) is 11.5 Å². The first-order chi connectivity index (χ1) is 26.1. The molecule has 0 fully saturated rings. The van der Waals surface area contributed by atoms with E-state index >= 15 is 0 Å². The minimum Gasteiger partial charge on any atom is -0.505 e. The molecule has 6 aromatic carbocycles. The van der Waals surface area contributed by atoms with Crippen LogP contribution in [0.15, 0.2) is 113 Å². The molecule has 0 aliphatic rings. The fourth-order valence-corrected chi connectivity index (χ4v) is 8.05. The molecule has 0 bridgehead atoms. The Labute approximate surface area is 322 Å². The van der Waals surface area contributed by atoms with Gasteiger partial charge in [-0.05, 0) is 108 Å². The summed E-state index contributed by atoms with van der Waals surface area (Å²) in [5.41, 5.74) is 13.7. The maximum absolute atomic E-state index is 12.3. The van der Waals surface area contributed by atoms with Crippen LogP contribution in [0.2, 0.25) is 0 Å². The summed E-state index contributed by atoms with van der Waals surface area (Å²) in [6.45, 7) is 3.41. The van der Waals surface area contributed by atoms with E-state index in [0.29, 0.717) is 27.9 Å². The first kappa shape index (κ1) is 40.0. The number of fused-ring (bicyclic) bond motifs is 2. The summed E-state index contributed by atoms with van der Waals surface area (Å²) in [7, 11) is -9.66. The fraction of sp³-hybridized carbons (Fsp3) is 0.0588. The molecular weight excluding hydrogens is 813 g/mol. The summed E-state index contributed by atoms with van der Waals surface area (Å²) < 4.78 is 110. The maximum Gasteiger partial charge on any atom is 0.296 e. The van der Waals surface area contributed by atoms with Gasteiger partial charge in [0.25, 0.3) is 20.2 Å². The number of nitrogens with two attached hydrogens (primary N) is 2. The van der Waals surface area contributed by atoms with Crippen molar-refractivity contribution in [1.82, 2.24) is 0 Å². The molecule has 0 saturated heterocycles. The van der Waals surface area contributed by atoms with Gasteiger partial charge in [-0.3, -0.25) is 9.11 Å². The highest BCUT2D eigenvalue weighted by molar-refractivity contribution is 7.86. The van der Waals surface area contributed by atoms with Gasteiger partial charge in [0.05, 0.1) is 26.1 Å². The Morgan fingerprint density at radius 1 is 0.589 bits per heavy atom. The van der Waals surface area contributed by atoms with Crippen LogP contribution in [0.4, 0.5) is 34.1 Å². The lowest BCUT2D eigenvalue weighted by atomic mass is 10.0. The lowest BCUT2D eigenvalue weighted by Crippen LogP contribution is -2.01. The van der Waals surface area contributed by atoms with Gasteiger partial charge >= 0.3 is 0 Å². The third-order valence-electron chi connectivity index (χ3n) is 8.52. The number of phenolic OH excluding ortho intramolecular Hbond substituents is 2. The SMILES string of the molecule is Cc1cc(-c2ccc(N=Nc3c(S(=O)(=O)O)cc4cc(S(=O)O)cc(N)c4c3O)c(C)c2)ccc1N=Nc1c(S(=O)O)cc2cc(S(=O)(=O)O)cc(N)c2c1O. The molecular formula is C34H28N6O12S4. The number of nitrogens with zero attached hydrogens (tertiary/aromatic N) is 4. The molecule has 22 heteroatoms. The molecule has 6 aromatic rings. The van der Waals surface area contributed by atoms with Crippen LogP contribution in [0.3, 0.4) is 0 Å².